The molecule has 0 spiro atoms. The number of unbranched alkanes of at least 4 members (excludes halogenated alkanes) is 2. The molecule has 0 bridgehead atoms. The summed E-state index contributed by atoms with van der Waals surface area (Å²) in [5, 5.41) is 0. The smallest absolute Gasteiger partial charge is 0.0639 e. The van der Waals surface area contributed by atoms with Gasteiger partial charge < -0.3 is 0 Å². The van der Waals surface area contributed by atoms with Crippen LogP contribution in [0.25, 0.3) is 0 Å². The standard InChI is InChI=1S/C25H34N2.Ni/c1-7-9-10-11-25(27-23-16-20(5)13-21(6)17-23)24(8-2)26-22-14-18(3)12-19(4)15-22;/h12-17H,7-11H2,1-6H3;/b26-24+,27-25+;. The number of rotatable bonds is 8. The second-order valence-electron chi connectivity index (χ2n) is 7.62. The van der Waals surface area contributed by atoms with Crippen molar-refractivity contribution in [1.29, 1.82) is 0 Å². The van der Waals surface area contributed by atoms with Crippen molar-refractivity contribution in [1.82, 2.24) is 0 Å². The van der Waals surface area contributed by atoms with Gasteiger partial charge in [-0.3, -0.25) is 9.98 Å². The molecule has 154 valence electrons. The molecule has 0 saturated heterocycles. The van der Waals surface area contributed by atoms with Gasteiger partial charge in [0.1, 0.15) is 0 Å². The molecule has 0 radical (unpaired) electrons. The number of aliphatic imine (C=N–C) groups is 2. The zero-order valence-electron chi connectivity index (χ0n) is 18.2. The van der Waals surface area contributed by atoms with E-state index in [0.29, 0.717) is 0 Å². The summed E-state index contributed by atoms with van der Waals surface area (Å²) >= 11 is 0. The van der Waals surface area contributed by atoms with Gasteiger partial charge in [-0.15, -0.1) is 0 Å². The van der Waals surface area contributed by atoms with Crippen LogP contribution in [0.1, 0.15) is 68.2 Å². The fraction of sp³-hybridized carbons (Fsp3) is 0.440. The van der Waals surface area contributed by atoms with Gasteiger partial charge in [0.2, 0.25) is 0 Å². The Labute approximate surface area is 181 Å². The third-order valence-electron chi connectivity index (χ3n) is 4.63. The zero-order chi connectivity index (χ0) is 19.8. The van der Waals surface area contributed by atoms with Gasteiger partial charge in [0, 0.05) is 16.5 Å². The van der Waals surface area contributed by atoms with E-state index in [9.17, 15) is 0 Å². The van der Waals surface area contributed by atoms with E-state index < -0.39 is 0 Å². The number of benzene rings is 2. The molecule has 0 atom stereocenters. The van der Waals surface area contributed by atoms with Crippen molar-refractivity contribution in [2.24, 2.45) is 9.98 Å². The van der Waals surface area contributed by atoms with Gasteiger partial charge in [0.05, 0.1) is 22.8 Å². The fourth-order valence-corrected chi connectivity index (χ4v) is 3.50. The van der Waals surface area contributed by atoms with Crippen LogP contribution in [0, 0.1) is 27.7 Å². The molecule has 0 aliphatic heterocycles. The number of nitrogens with zero attached hydrogens (tertiary/aromatic N) is 2. The average molecular weight is 421 g/mol. The molecule has 0 amide bonds. The first-order chi connectivity index (χ1) is 12.9. The Morgan fingerprint density at radius 2 is 1.07 bits per heavy atom. The van der Waals surface area contributed by atoms with Gasteiger partial charge in [0.25, 0.3) is 0 Å². The Kier molecular flexibility index (Phi) is 10.4. The Morgan fingerprint density at radius 3 is 1.46 bits per heavy atom. The van der Waals surface area contributed by atoms with Crippen molar-refractivity contribution in [3.8, 4) is 0 Å². The van der Waals surface area contributed by atoms with E-state index in [4.69, 9.17) is 9.98 Å². The third kappa shape index (κ3) is 7.72. The molecule has 2 rings (SSSR count). The first-order valence-corrected chi connectivity index (χ1v) is 10.2. The van der Waals surface area contributed by atoms with Gasteiger partial charge in [0.15, 0.2) is 0 Å². The Balaban J connectivity index is 0.00000392. The van der Waals surface area contributed by atoms with Crippen molar-refractivity contribution in [3.63, 3.8) is 0 Å². The molecule has 0 aliphatic carbocycles. The zero-order valence-corrected chi connectivity index (χ0v) is 19.2. The minimum Gasteiger partial charge on any atom is -0.252 e. The summed E-state index contributed by atoms with van der Waals surface area (Å²) in [6.45, 7) is 12.9. The van der Waals surface area contributed by atoms with Crippen molar-refractivity contribution in [2.45, 2.75) is 73.6 Å². The quantitative estimate of drug-likeness (QED) is 0.237. The van der Waals surface area contributed by atoms with Gasteiger partial charge in [-0.2, -0.15) is 0 Å². The second kappa shape index (κ2) is 12.0. The summed E-state index contributed by atoms with van der Waals surface area (Å²) in [6.07, 6.45) is 5.48. The molecule has 0 N–H and O–H groups in total. The molecule has 0 saturated carbocycles. The molecule has 0 aliphatic rings. The molecule has 3 heteroatoms. The monoisotopic (exact) mass is 420 g/mol. The van der Waals surface area contributed by atoms with E-state index in [1.165, 1.54) is 35.1 Å². The van der Waals surface area contributed by atoms with Crippen LogP contribution >= 0.6 is 0 Å². The second-order valence-corrected chi connectivity index (χ2v) is 7.62. The van der Waals surface area contributed by atoms with Gasteiger partial charge in [-0.05, 0) is 93.5 Å². The van der Waals surface area contributed by atoms with Crippen molar-refractivity contribution in [3.05, 3.63) is 58.7 Å². The van der Waals surface area contributed by atoms with E-state index in [1.54, 1.807) is 0 Å². The predicted molar refractivity (Wildman–Crippen MR) is 120 cm³/mol. The number of hydrogen-bond acceptors (Lipinski definition) is 2. The van der Waals surface area contributed by atoms with Crippen LogP contribution in [0.2, 0.25) is 0 Å². The first-order valence-electron chi connectivity index (χ1n) is 10.2. The van der Waals surface area contributed by atoms with Crippen LogP contribution in [0.5, 0.6) is 0 Å². The van der Waals surface area contributed by atoms with Crippen molar-refractivity contribution in [2.75, 3.05) is 0 Å². The van der Waals surface area contributed by atoms with E-state index in [2.05, 4.69) is 77.9 Å². The maximum Gasteiger partial charge on any atom is 0.0639 e. The van der Waals surface area contributed by atoms with E-state index in [-0.39, 0.29) is 16.5 Å². The van der Waals surface area contributed by atoms with E-state index in [0.717, 1.165) is 42.1 Å². The van der Waals surface area contributed by atoms with Crippen LogP contribution in [0.3, 0.4) is 0 Å². The molecule has 2 aromatic carbocycles. The summed E-state index contributed by atoms with van der Waals surface area (Å²) in [4.78, 5) is 10.1. The van der Waals surface area contributed by atoms with E-state index >= 15 is 0 Å². The summed E-state index contributed by atoms with van der Waals surface area (Å²) in [5.74, 6) is 0. The molecule has 0 fully saturated rings. The minimum absolute atomic E-state index is 0. The fourth-order valence-electron chi connectivity index (χ4n) is 3.50. The van der Waals surface area contributed by atoms with E-state index in [1.807, 2.05) is 0 Å². The number of aryl methyl sites for hydroxylation is 4. The average Bonchev–Trinajstić information content (AvgIpc) is 2.57. The summed E-state index contributed by atoms with van der Waals surface area (Å²) < 4.78 is 0. The first kappa shape index (κ1) is 24.3. The largest absolute Gasteiger partial charge is 0.252 e. The minimum atomic E-state index is 0. The van der Waals surface area contributed by atoms with Crippen LogP contribution in [-0.4, -0.2) is 11.4 Å². The Morgan fingerprint density at radius 1 is 0.643 bits per heavy atom. The molecule has 28 heavy (non-hydrogen) atoms. The van der Waals surface area contributed by atoms with Gasteiger partial charge in [-0.1, -0.05) is 38.8 Å². The topological polar surface area (TPSA) is 24.7 Å². The molecule has 2 nitrogen and oxygen atoms in total. The summed E-state index contributed by atoms with van der Waals surface area (Å²) in [6, 6.07) is 13.0. The van der Waals surface area contributed by atoms with Crippen LogP contribution in [0.15, 0.2) is 46.4 Å². The Hall–Kier alpha value is -1.73. The van der Waals surface area contributed by atoms with Gasteiger partial charge >= 0.3 is 0 Å². The molecular formula is C25H34N2Ni. The normalized spacial score (nSPS) is 12.1. The molecule has 0 aromatic heterocycles. The summed E-state index contributed by atoms with van der Waals surface area (Å²) in [7, 11) is 0. The maximum atomic E-state index is 5.05. The number of hydrogen-bond donors (Lipinski definition) is 0. The molecule has 2 aromatic rings. The molecule has 0 unspecified atom stereocenters. The summed E-state index contributed by atoms with van der Waals surface area (Å²) in [5.41, 5.74) is 9.33. The van der Waals surface area contributed by atoms with Gasteiger partial charge in [-0.25, -0.2) is 0 Å². The predicted octanol–water partition coefficient (Wildman–Crippen LogP) is 7.75. The third-order valence-corrected chi connectivity index (χ3v) is 4.63. The van der Waals surface area contributed by atoms with Crippen molar-refractivity contribution < 1.29 is 16.5 Å². The Bertz CT molecular complexity index is 794. The SMILES string of the molecule is CCCCCC(=N\c1cc(C)cc(C)c1)/C(CC)=N/c1cc(C)cc(C)c1.[Ni]. The van der Waals surface area contributed by atoms with Crippen LogP contribution < -0.4 is 0 Å². The van der Waals surface area contributed by atoms with Crippen LogP contribution in [0.4, 0.5) is 11.4 Å². The van der Waals surface area contributed by atoms with Crippen molar-refractivity contribution >= 4 is 22.8 Å². The van der Waals surface area contributed by atoms with Crippen LogP contribution in [-0.2, 0) is 16.5 Å². The molecular weight excluding hydrogens is 387 g/mol. The maximum absolute atomic E-state index is 5.05. The molecule has 0 heterocycles.